The van der Waals surface area contributed by atoms with Gasteiger partial charge < -0.3 is 24.2 Å². The Kier molecular flexibility index (Phi) is 9.30. The predicted molar refractivity (Wildman–Crippen MR) is 185 cm³/mol. The molecule has 0 unspecified atom stereocenters. The maximum Gasteiger partial charge on any atom is 0.252 e. The van der Waals surface area contributed by atoms with Gasteiger partial charge >= 0.3 is 0 Å². The van der Waals surface area contributed by atoms with Gasteiger partial charge in [0.05, 0.1) is 39.0 Å². The quantitative estimate of drug-likeness (QED) is 0.281. The van der Waals surface area contributed by atoms with Crippen molar-refractivity contribution in [3.05, 3.63) is 87.1 Å². The molecule has 1 aliphatic carbocycles. The van der Waals surface area contributed by atoms with E-state index in [0.29, 0.717) is 0 Å². The minimum absolute atomic E-state index is 0.0220. The smallest absolute Gasteiger partial charge is 0.252 e. The molecule has 0 spiro atoms. The normalized spacial score (nSPS) is 20.5. The van der Waals surface area contributed by atoms with Crippen molar-refractivity contribution in [1.29, 1.82) is 0 Å². The first kappa shape index (κ1) is 32.9. The number of fused-ring (bicyclic) bond motifs is 2. The molecule has 2 aromatic carbocycles. The second kappa shape index (κ2) is 12.7. The third-order valence-electron chi connectivity index (χ3n) is 9.76. The summed E-state index contributed by atoms with van der Waals surface area (Å²) in [4.78, 5) is 2.35. The van der Waals surface area contributed by atoms with Crippen LogP contribution in [0.3, 0.4) is 0 Å². The van der Waals surface area contributed by atoms with Gasteiger partial charge in [-0.15, -0.1) is 0 Å². The van der Waals surface area contributed by atoms with Crippen LogP contribution in [0.15, 0.2) is 70.4 Å². The molecule has 7 heteroatoms. The average molecular weight is 632 g/mol. The van der Waals surface area contributed by atoms with Crippen molar-refractivity contribution in [2.24, 2.45) is 0 Å². The second-order valence-corrected chi connectivity index (χ2v) is 13.3. The topological polar surface area (TPSA) is 54.2 Å². The van der Waals surface area contributed by atoms with Gasteiger partial charge in [0.15, 0.2) is 11.5 Å². The third-order valence-corrected chi connectivity index (χ3v) is 10.2. The fourth-order valence-electron chi connectivity index (χ4n) is 7.29. The van der Waals surface area contributed by atoms with E-state index in [2.05, 4.69) is 87.5 Å². The number of allylic oxidation sites excluding steroid dienone is 8. The number of ether oxygens (including phenoxy) is 3. The van der Waals surface area contributed by atoms with Crippen molar-refractivity contribution >= 4 is 28.7 Å². The highest BCUT2D eigenvalue weighted by atomic mass is 35.5. The number of nitrogens with zero attached hydrogens (tertiary/aromatic N) is 2. The largest absolute Gasteiger partial charge is 0.497 e. The molecule has 0 aromatic heterocycles. The molecule has 3 aliphatic rings. The Balaban J connectivity index is 1.52. The van der Waals surface area contributed by atoms with Crippen molar-refractivity contribution in [1.82, 2.24) is 0 Å². The van der Waals surface area contributed by atoms with Gasteiger partial charge in [-0.3, -0.25) is 0 Å². The van der Waals surface area contributed by atoms with Crippen molar-refractivity contribution < 1.29 is 23.9 Å². The maximum atomic E-state index is 9.90. The summed E-state index contributed by atoms with van der Waals surface area (Å²) in [7, 11) is 5.10. The fourth-order valence-corrected chi connectivity index (χ4v) is 7.60. The summed E-state index contributed by atoms with van der Waals surface area (Å²) in [5, 5.41) is 10.7. The van der Waals surface area contributed by atoms with Gasteiger partial charge in [-0.1, -0.05) is 37.6 Å². The summed E-state index contributed by atoms with van der Waals surface area (Å²) in [6.45, 7) is 14.9. The molecule has 0 saturated heterocycles. The average Bonchev–Trinajstić information content (AvgIpc) is 3.40. The van der Waals surface area contributed by atoms with Crippen LogP contribution in [0.1, 0.15) is 77.5 Å². The number of hydrogen-bond acceptors (Lipinski definition) is 5. The van der Waals surface area contributed by atoms with Crippen LogP contribution in [0.25, 0.3) is 0 Å². The zero-order valence-corrected chi connectivity index (χ0v) is 29.1. The number of aliphatic hydroxyl groups is 1. The highest BCUT2D eigenvalue weighted by molar-refractivity contribution is 6.32. The molecule has 1 N–H and O–H groups in total. The Bertz CT molecular complexity index is 1660. The number of benzene rings is 2. The molecule has 0 saturated carbocycles. The van der Waals surface area contributed by atoms with Gasteiger partial charge in [-0.2, -0.15) is 4.58 Å². The molecule has 0 fully saturated rings. The van der Waals surface area contributed by atoms with E-state index < -0.39 is 0 Å². The molecule has 0 amide bonds. The molecular formula is C38H48ClN2O4+. The van der Waals surface area contributed by atoms with E-state index in [1.165, 1.54) is 22.5 Å². The Morgan fingerprint density at radius 2 is 1.62 bits per heavy atom. The van der Waals surface area contributed by atoms with E-state index in [0.717, 1.165) is 82.7 Å². The lowest BCUT2D eigenvalue weighted by Crippen LogP contribution is -2.27. The molecule has 2 aromatic rings. The standard InChI is InChI=1S/C38H48ClN2O4/c1-10-40-32(37(3,4)28-19-24(23-42)20-30(44-8)35(28)40)17-15-25-13-12-14-26(34(25)39)16-18-33-38(5,6)29-21-27(43-7)22-31(45-9)36(29)41(33)11-2/h15-22,42H,10-14,23H2,1-9H3/q+1. The molecular weight excluding hydrogens is 584 g/mol. The molecule has 2 aliphatic heterocycles. The van der Waals surface area contributed by atoms with Crippen LogP contribution in [0.4, 0.5) is 11.4 Å². The first-order valence-corrected chi connectivity index (χ1v) is 16.4. The van der Waals surface area contributed by atoms with Crippen LogP contribution >= 0.6 is 11.6 Å². The predicted octanol–water partition coefficient (Wildman–Crippen LogP) is 8.46. The SMILES string of the molecule is CCN1C(=CC=C2CCCC(C=CC3=[N+](CC)c4c(OC)cc(CO)cc4C3(C)C)=C2Cl)C(C)(C)c2cc(OC)cc(OC)c21. The van der Waals surface area contributed by atoms with Gasteiger partial charge in [0.1, 0.15) is 18.0 Å². The highest BCUT2D eigenvalue weighted by Crippen LogP contribution is 2.53. The van der Waals surface area contributed by atoms with Crippen molar-refractivity contribution in [3.63, 3.8) is 0 Å². The number of aliphatic hydroxyl groups excluding tert-OH is 1. The molecule has 240 valence electrons. The summed E-state index contributed by atoms with van der Waals surface area (Å²) in [6.07, 6.45) is 11.8. The number of anilines is 1. The lowest BCUT2D eigenvalue weighted by atomic mass is 9.80. The molecule has 0 bridgehead atoms. The van der Waals surface area contributed by atoms with Crippen LogP contribution in [-0.4, -0.2) is 49.8 Å². The Labute approximate surface area is 274 Å². The van der Waals surface area contributed by atoms with E-state index in [4.69, 9.17) is 25.8 Å². The summed E-state index contributed by atoms with van der Waals surface area (Å²) in [6, 6.07) is 8.14. The first-order valence-electron chi connectivity index (χ1n) is 16.0. The minimum atomic E-state index is -0.262. The van der Waals surface area contributed by atoms with Crippen molar-refractivity contribution in [3.8, 4) is 17.2 Å². The molecule has 2 heterocycles. The number of likely N-dealkylation sites (N-methyl/N-ethyl adjacent to an activating group) is 1. The number of hydrogen-bond donors (Lipinski definition) is 1. The highest BCUT2D eigenvalue weighted by Gasteiger charge is 2.46. The third kappa shape index (κ3) is 5.50. The molecule has 5 rings (SSSR count). The summed E-state index contributed by atoms with van der Waals surface area (Å²) in [5.41, 5.74) is 9.60. The van der Waals surface area contributed by atoms with Crippen LogP contribution in [0, 0.1) is 0 Å². The van der Waals surface area contributed by atoms with E-state index in [1.807, 2.05) is 12.1 Å². The monoisotopic (exact) mass is 631 g/mol. The Morgan fingerprint density at radius 1 is 0.889 bits per heavy atom. The second-order valence-electron chi connectivity index (χ2n) is 13.0. The lowest BCUT2D eigenvalue weighted by molar-refractivity contribution is -0.433. The van der Waals surface area contributed by atoms with Gasteiger partial charge in [0.2, 0.25) is 0 Å². The molecule has 0 radical (unpaired) electrons. The number of methoxy groups -OCH3 is 3. The van der Waals surface area contributed by atoms with Crippen LogP contribution in [-0.2, 0) is 17.4 Å². The zero-order chi connectivity index (χ0) is 32.7. The van der Waals surface area contributed by atoms with Gasteiger partial charge in [0, 0.05) is 40.4 Å². The first-order chi connectivity index (χ1) is 21.5. The Hall–Kier alpha value is -3.48. The van der Waals surface area contributed by atoms with E-state index in [9.17, 15) is 5.11 Å². The summed E-state index contributed by atoms with van der Waals surface area (Å²) >= 11 is 7.17. The molecule has 45 heavy (non-hydrogen) atoms. The van der Waals surface area contributed by atoms with Gasteiger partial charge in [-0.05, 0) is 93.5 Å². The van der Waals surface area contributed by atoms with E-state index in [1.54, 1.807) is 21.3 Å². The summed E-state index contributed by atoms with van der Waals surface area (Å²) in [5.74, 6) is 2.40. The summed E-state index contributed by atoms with van der Waals surface area (Å²) < 4.78 is 19.5. The van der Waals surface area contributed by atoms with Crippen LogP contribution < -0.4 is 19.1 Å². The fraction of sp³-hybridized carbons (Fsp3) is 0.447. The van der Waals surface area contributed by atoms with Gasteiger partial charge in [0.25, 0.3) is 5.69 Å². The van der Waals surface area contributed by atoms with Crippen molar-refractivity contribution in [2.75, 3.05) is 39.3 Å². The van der Waals surface area contributed by atoms with Crippen molar-refractivity contribution in [2.45, 2.75) is 78.2 Å². The molecule has 0 atom stereocenters. The van der Waals surface area contributed by atoms with Gasteiger partial charge in [-0.25, -0.2) is 0 Å². The maximum absolute atomic E-state index is 9.90. The lowest BCUT2D eigenvalue weighted by Gasteiger charge is -2.26. The molecule has 6 nitrogen and oxygen atoms in total. The van der Waals surface area contributed by atoms with E-state index in [-0.39, 0.29) is 17.4 Å². The minimum Gasteiger partial charge on any atom is -0.497 e. The van der Waals surface area contributed by atoms with E-state index >= 15 is 0 Å². The Morgan fingerprint density at radius 3 is 2.24 bits per heavy atom. The van der Waals surface area contributed by atoms with Crippen LogP contribution in [0.2, 0.25) is 0 Å². The number of halogens is 1. The number of rotatable bonds is 9. The zero-order valence-electron chi connectivity index (χ0n) is 28.3. The van der Waals surface area contributed by atoms with Crippen LogP contribution in [0.5, 0.6) is 17.2 Å².